The average Bonchev–Trinajstić information content (AvgIpc) is 3.20. The Morgan fingerprint density at radius 3 is 3.00 bits per heavy atom. The molecular weight excluding hydrogens is 317 g/mol. The van der Waals surface area contributed by atoms with Crippen LogP contribution in [-0.4, -0.2) is 16.7 Å². The zero-order valence-corrected chi connectivity index (χ0v) is 13.6. The summed E-state index contributed by atoms with van der Waals surface area (Å²) in [4.78, 5) is 5.35. The van der Waals surface area contributed by atoms with E-state index in [1.165, 1.54) is 12.1 Å². The topological polar surface area (TPSA) is 60.2 Å². The fourth-order valence-electron chi connectivity index (χ4n) is 2.10. The van der Waals surface area contributed by atoms with Gasteiger partial charge in [-0.05, 0) is 37.4 Å². The molecule has 1 aromatic carbocycles. The molecule has 0 saturated carbocycles. The van der Waals surface area contributed by atoms with Crippen molar-refractivity contribution in [3.8, 4) is 16.5 Å². The fourth-order valence-corrected chi connectivity index (χ4v) is 2.75. The summed E-state index contributed by atoms with van der Waals surface area (Å²) in [5.41, 5.74) is 0.677. The van der Waals surface area contributed by atoms with Crippen molar-refractivity contribution >= 4 is 17.0 Å². The van der Waals surface area contributed by atoms with Crippen LogP contribution in [0.1, 0.15) is 25.8 Å². The molecule has 0 aliphatic rings. The second-order valence-corrected chi connectivity index (χ2v) is 5.82. The molecule has 23 heavy (non-hydrogen) atoms. The van der Waals surface area contributed by atoms with E-state index >= 15 is 0 Å². The first-order chi connectivity index (χ1) is 11.2. The molecule has 0 aliphatic carbocycles. The van der Waals surface area contributed by atoms with Crippen LogP contribution in [-0.2, 0) is 0 Å². The highest BCUT2D eigenvalue weighted by molar-refractivity contribution is 7.13. The summed E-state index contributed by atoms with van der Waals surface area (Å²) < 4.78 is 24.1. The summed E-state index contributed by atoms with van der Waals surface area (Å²) in [7, 11) is 0. The summed E-state index contributed by atoms with van der Waals surface area (Å²) in [5.74, 6) is 1.13. The molecule has 0 fully saturated rings. The largest absolute Gasteiger partial charge is 0.492 e. The van der Waals surface area contributed by atoms with Crippen LogP contribution in [0, 0.1) is 5.82 Å². The number of nitrogens with one attached hydrogen (secondary N) is 1. The third-order valence-electron chi connectivity index (χ3n) is 3.17. The maximum absolute atomic E-state index is 13.3. The van der Waals surface area contributed by atoms with E-state index in [4.69, 9.17) is 9.26 Å². The van der Waals surface area contributed by atoms with Crippen molar-refractivity contribution in [3.63, 3.8) is 0 Å². The molecule has 0 saturated heterocycles. The van der Waals surface area contributed by atoms with Gasteiger partial charge in [0.15, 0.2) is 0 Å². The highest BCUT2D eigenvalue weighted by Crippen LogP contribution is 2.30. The number of anilines is 1. The number of aromatic nitrogens is 2. The lowest BCUT2D eigenvalue weighted by Crippen LogP contribution is -2.09. The van der Waals surface area contributed by atoms with Crippen molar-refractivity contribution in [3.05, 3.63) is 47.4 Å². The minimum absolute atomic E-state index is 0.235. The molecule has 7 heteroatoms. The van der Waals surface area contributed by atoms with E-state index < -0.39 is 0 Å². The van der Waals surface area contributed by atoms with Crippen molar-refractivity contribution in [2.24, 2.45) is 0 Å². The Hall–Kier alpha value is -2.41. The molecule has 0 aliphatic heterocycles. The second kappa shape index (κ2) is 6.78. The number of halogens is 1. The van der Waals surface area contributed by atoms with Gasteiger partial charge in [0.1, 0.15) is 17.6 Å². The Morgan fingerprint density at radius 2 is 2.26 bits per heavy atom. The number of hydrogen-bond donors (Lipinski definition) is 1. The number of hydrogen-bond acceptors (Lipinski definition) is 6. The molecule has 2 heterocycles. The van der Waals surface area contributed by atoms with E-state index in [2.05, 4.69) is 15.5 Å². The second-order valence-electron chi connectivity index (χ2n) is 4.87. The van der Waals surface area contributed by atoms with Crippen molar-refractivity contribution in [1.29, 1.82) is 0 Å². The summed E-state index contributed by atoms with van der Waals surface area (Å²) in [5, 5.41) is 9.16. The lowest BCUT2D eigenvalue weighted by molar-refractivity contribution is 0.338. The molecule has 120 valence electrons. The monoisotopic (exact) mass is 333 g/mol. The Bertz CT molecular complexity index is 773. The van der Waals surface area contributed by atoms with Gasteiger partial charge in [0.25, 0.3) is 0 Å². The van der Waals surface area contributed by atoms with Crippen molar-refractivity contribution in [1.82, 2.24) is 10.1 Å². The quantitative estimate of drug-likeness (QED) is 0.719. The average molecular weight is 333 g/mol. The van der Waals surface area contributed by atoms with Crippen molar-refractivity contribution in [2.45, 2.75) is 19.9 Å². The highest BCUT2D eigenvalue weighted by atomic mass is 32.1. The number of ether oxygens (including phenoxy) is 1. The minimum Gasteiger partial charge on any atom is -0.492 e. The van der Waals surface area contributed by atoms with Gasteiger partial charge in [-0.1, -0.05) is 11.2 Å². The van der Waals surface area contributed by atoms with Gasteiger partial charge in [0.05, 0.1) is 17.2 Å². The predicted molar refractivity (Wildman–Crippen MR) is 87.2 cm³/mol. The SMILES string of the molecule is CCOc1cc(F)ccc1NC(C)c1nc(-c2cccs2)no1. The smallest absolute Gasteiger partial charge is 0.249 e. The third kappa shape index (κ3) is 3.50. The zero-order valence-electron chi connectivity index (χ0n) is 12.7. The fraction of sp³-hybridized carbons (Fsp3) is 0.250. The molecule has 0 amide bonds. The van der Waals surface area contributed by atoms with Crippen LogP contribution < -0.4 is 10.1 Å². The van der Waals surface area contributed by atoms with E-state index in [1.807, 2.05) is 31.4 Å². The van der Waals surface area contributed by atoms with Crippen molar-refractivity contribution in [2.75, 3.05) is 11.9 Å². The first kappa shape index (κ1) is 15.5. The molecule has 0 radical (unpaired) electrons. The summed E-state index contributed by atoms with van der Waals surface area (Å²) in [6.45, 7) is 4.20. The molecule has 0 spiro atoms. The summed E-state index contributed by atoms with van der Waals surface area (Å²) >= 11 is 1.55. The van der Waals surface area contributed by atoms with Gasteiger partial charge in [-0.15, -0.1) is 11.3 Å². The normalized spacial score (nSPS) is 12.1. The Labute approximate surface area is 137 Å². The molecule has 3 aromatic rings. The lowest BCUT2D eigenvalue weighted by Gasteiger charge is -2.15. The van der Waals surface area contributed by atoms with E-state index in [0.29, 0.717) is 29.8 Å². The van der Waals surface area contributed by atoms with Crippen molar-refractivity contribution < 1.29 is 13.7 Å². The maximum atomic E-state index is 13.3. The summed E-state index contributed by atoms with van der Waals surface area (Å²) in [6.07, 6.45) is 0. The van der Waals surface area contributed by atoms with E-state index in [1.54, 1.807) is 17.4 Å². The van der Waals surface area contributed by atoms with Gasteiger partial charge in [-0.2, -0.15) is 4.98 Å². The standard InChI is InChI=1S/C16H16FN3O2S/c1-3-21-13-9-11(17)6-7-12(13)18-10(2)16-19-15(20-22-16)14-5-4-8-23-14/h4-10,18H,3H2,1-2H3. The number of benzene rings is 1. The van der Waals surface area contributed by atoms with Crippen LogP contribution in [0.4, 0.5) is 10.1 Å². The van der Waals surface area contributed by atoms with Crippen LogP contribution >= 0.6 is 11.3 Å². The van der Waals surface area contributed by atoms with Crippen LogP contribution in [0.5, 0.6) is 5.75 Å². The van der Waals surface area contributed by atoms with Gasteiger partial charge in [0.2, 0.25) is 11.7 Å². The van der Waals surface area contributed by atoms with E-state index in [0.717, 1.165) is 4.88 Å². The van der Waals surface area contributed by atoms with Crippen LogP contribution in [0.3, 0.4) is 0 Å². The zero-order chi connectivity index (χ0) is 16.2. The third-order valence-corrected chi connectivity index (χ3v) is 4.04. The molecule has 1 N–H and O–H groups in total. The Balaban J connectivity index is 1.78. The first-order valence-corrected chi connectivity index (χ1v) is 8.11. The van der Waals surface area contributed by atoms with Crippen LogP contribution in [0.25, 0.3) is 10.7 Å². The van der Waals surface area contributed by atoms with E-state index in [-0.39, 0.29) is 11.9 Å². The first-order valence-electron chi connectivity index (χ1n) is 7.23. The molecular formula is C16H16FN3O2S. The van der Waals surface area contributed by atoms with Gasteiger partial charge < -0.3 is 14.6 Å². The molecule has 1 atom stereocenters. The van der Waals surface area contributed by atoms with Gasteiger partial charge in [0, 0.05) is 6.07 Å². The van der Waals surface area contributed by atoms with Gasteiger partial charge in [-0.25, -0.2) is 4.39 Å². The molecule has 5 nitrogen and oxygen atoms in total. The maximum Gasteiger partial charge on any atom is 0.249 e. The van der Waals surface area contributed by atoms with Crippen LogP contribution in [0.2, 0.25) is 0 Å². The van der Waals surface area contributed by atoms with Gasteiger partial charge in [-0.3, -0.25) is 0 Å². The lowest BCUT2D eigenvalue weighted by atomic mass is 10.2. The highest BCUT2D eigenvalue weighted by Gasteiger charge is 2.17. The van der Waals surface area contributed by atoms with Gasteiger partial charge >= 0.3 is 0 Å². The molecule has 1 unspecified atom stereocenters. The molecule has 0 bridgehead atoms. The Kier molecular flexibility index (Phi) is 4.57. The minimum atomic E-state index is -0.343. The Morgan fingerprint density at radius 1 is 1.39 bits per heavy atom. The van der Waals surface area contributed by atoms with E-state index in [9.17, 15) is 4.39 Å². The number of nitrogens with zero attached hydrogens (tertiary/aromatic N) is 2. The number of thiophene rings is 1. The molecule has 3 rings (SSSR count). The molecule has 2 aromatic heterocycles. The number of rotatable bonds is 6. The summed E-state index contributed by atoms with van der Waals surface area (Å²) in [6, 6.07) is 8.00. The van der Waals surface area contributed by atoms with Crippen LogP contribution in [0.15, 0.2) is 40.2 Å². The predicted octanol–water partition coefficient (Wildman–Crippen LogP) is 4.51.